The summed E-state index contributed by atoms with van der Waals surface area (Å²) in [7, 11) is 0. The van der Waals surface area contributed by atoms with Crippen LogP contribution in [0.4, 0.5) is 0 Å². The number of carboxylic acids is 2. The zero-order valence-corrected chi connectivity index (χ0v) is 20.1. The van der Waals surface area contributed by atoms with Gasteiger partial charge in [-0.1, -0.05) is 24.3 Å². The third-order valence-electron chi connectivity index (χ3n) is 3.64. The molecule has 0 aromatic heterocycles. The lowest BCUT2D eigenvalue weighted by Gasteiger charge is -2.15. The molecule has 0 radical (unpaired) electrons. The van der Waals surface area contributed by atoms with Crippen LogP contribution in [0.5, 0.6) is 5.75 Å². The average Bonchev–Trinajstić information content (AvgIpc) is 2.67. The van der Waals surface area contributed by atoms with Crippen LogP contribution in [0.25, 0.3) is 0 Å². The minimum atomic E-state index is -1.23. The molecule has 1 amide bonds. The number of carboxylic acid groups (broad SMARTS) is 2. The Kier molecular flexibility index (Phi) is 9.25. The lowest BCUT2D eigenvalue weighted by molar-refractivity contribution is -0.138. The van der Waals surface area contributed by atoms with Crippen molar-refractivity contribution in [3.05, 3.63) is 65.2 Å². The Morgan fingerprint density at radius 3 is 2.18 bits per heavy atom. The predicted molar refractivity (Wildman–Crippen MR) is 126 cm³/mol. The van der Waals surface area contributed by atoms with Gasteiger partial charge in [-0.3, -0.25) is 9.59 Å². The third-order valence-corrected chi connectivity index (χ3v) is 7.48. The number of nitrogens with one attached hydrogen (secondary N) is 1. The summed E-state index contributed by atoms with van der Waals surface area (Å²) in [5.74, 6) is -3.33. The van der Waals surface area contributed by atoms with Crippen molar-refractivity contribution in [2.75, 3.05) is 6.54 Å². The van der Waals surface area contributed by atoms with Crippen LogP contribution in [0.15, 0.2) is 48.5 Å². The van der Waals surface area contributed by atoms with Crippen LogP contribution in [0.1, 0.15) is 32.2 Å². The first-order chi connectivity index (χ1) is 13.3. The van der Waals surface area contributed by atoms with E-state index in [2.05, 4.69) is 49.4 Å². The van der Waals surface area contributed by atoms with Crippen molar-refractivity contribution in [1.29, 1.82) is 0 Å². The molecular formula is C17H14I2NO6PS. The fourth-order valence-electron chi connectivity index (χ4n) is 2.33. The molecule has 0 aliphatic rings. The number of aliphatic carboxylic acids is 1. The maximum Gasteiger partial charge on any atom is 0.336 e. The highest BCUT2D eigenvalue weighted by molar-refractivity contribution is 14.3. The first kappa shape index (κ1) is 23.2. The zero-order chi connectivity index (χ0) is 20.7. The minimum absolute atomic E-state index is 0.0194. The van der Waals surface area contributed by atoms with E-state index < -0.39 is 23.8 Å². The Labute approximate surface area is 192 Å². The Morgan fingerprint density at radius 2 is 1.64 bits per heavy atom. The molecule has 0 aliphatic carbocycles. The minimum Gasteiger partial charge on any atom is -0.481 e. The molecule has 0 bridgehead atoms. The average molecular weight is 645 g/mol. The van der Waals surface area contributed by atoms with Gasteiger partial charge in [0.05, 0.1) is 17.0 Å². The lowest BCUT2D eigenvalue weighted by atomic mass is 9.98. The topological polar surface area (TPSA) is 113 Å². The number of carbonyl (C=O) groups excluding carboxylic acids is 1. The van der Waals surface area contributed by atoms with E-state index >= 15 is 0 Å². The molecular weight excluding hydrogens is 631 g/mol. The molecule has 0 saturated heterocycles. The predicted octanol–water partition coefficient (Wildman–Crippen LogP) is 5.11. The van der Waals surface area contributed by atoms with Gasteiger partial charge in [0.25, 0.3) is 5.91 Å². The van der Waals surface area contributed by atoms with Crippen molar-refractivity contribution >= 4 is 76.0 Å². The van der Waals surface area contributed by atoms with Crippen molar-refractivity contribution in [3.63, 3.8) is 0 Å². The van der Waals surface area contributed by atoms with Crippen molar-refractivity contribution in [1.82, 2.24) is 5.32 Å². The Balaban J connectivity index is 2.08. The van der Waals surface area contributed by atoms with Gasteiger partial charge in [0, 0.05) is 6.54 Å². The summed E-state index contributed by atoms with van der Waals surface area (Å²) in [6, 6.07) is 12.4. The SMILES string of the molecule is O=C(O)c1ccccc1C(=O)NCC(C(=O)O)c1ccc(OSP(I)I)cc1. The van der Waals surface area contributed by atoms with Gasteiger partial charge in [-0.05, 0) is 73.9 Å². The Bertz CT molecular complexity index is 865. The summed E-state index contributed by atoms with van der Waals surface area (Å²) in [5, 5.41) is 21.2. The molecule has 0 aliphatic heterocycles. The smallest absolute Gasteiger partial charge is 0.336 e. The number of amides is 1. The molecule has 0 fully saturated rings. The standard InChI is InChI=1S/C17H14I2NO6PS/c18-27(19)28-26-11-7-5-10(6-8-11)14(17(24)25)9-20-15(21)12-3-1-2-4-13(12)16(22)23/h1-8,14H,9H2,(H,20,21)(H,22,23)(H,24,25). The van der Waals surface area contributed by atoms with Gasteiger partial charge in [0.15, 0.2) is 0 Å². The third kappa shape index (κ3) is 6.75. The summed E-state index contributed by atoms with van der Waals surface area (Å²) < 4.78 is 5.17. The van der Waals surface area contributed by atoms with Crippen LogP contribution in [0, 0.1) is 0 Å². The van der Waals surface area contributed by atoms with Crippen LogP contribution < -0.4 is 9.50 Å². The van der Waals surface area contributed by atoms with E-state index in [1.54, 1.807) is 30.3 Å². The van der Waals surface area contributed by atoms with Gasteiger partial charge in [0.2, 0.25) is 0 Å². The van der Waals surface area contributed by atoms with Gasteiger partial charge in [-0.2, -0.15) is 0 Å². The summed E-state index contributed by atoms with van der Waals surface area (Å²) in [6.45, 7) is -0.177. The fourth-order valence-corrected chi connectivity index (χ4v) is 4.46. The van der Waals surface area contributed by atoms with Gasteiger partial charge in [0.1, 0.15) is 19.8 Å². The highest BCUT2D eigenvalue weighted by Gasteiger charge is 2.22. The van der Waals surface area contributed by atoms with Crippen LogP contribution in [-0.4, -0.2) is 34.6 Å². The number of hydrogen-bond acceptors (Lipinski definition) is 5. The van der Waals surface area contributed by atoms with E-state index in [9.17, 15) is 24.6 Å². The quantitative estimate of drug-likeness (QED) is 0.198. The number of rotatable bonds is 9. The van der Waals surface area contributed by atoms with Gasteiger partial charge >= 0.3 is 11.9 Å². The van der Waals surface area contributed by atoms with E-state index in [1.807, 2.05) is 0 Å². The molecule has 1 unspecified atom stereocenters. The molecule has 148 valence electrons. The molecule has 11 heteroatoms. The molecule has 2 aromatic carbocycles. The van der Waals surface area contributed by atoms with Gasteiger partial charge < -0.3 is 19.7 Å². The maximum absolute atomic E-state index is 12.3. The fraction of sp³-hybridized carbons (Fsp3) is 0.118. The van der Waals surface area contributed by atoms with Crippen molar-refractivity contribution in [2.24, 2.45) is 0 Å². The van der Waals surface area contributed by atoms with Crippen molar-refractivity contribution in [3.8, 4) is 5.75 Å². The number of benzene rings is 2. The second kappa shape index (κ2) is 11.2. The van der Waals surface area contributed by atoms with E-state index in [4.69, 9.17) is 4.18 Å². The first-order valence-electron chi connectivity index (χ1n) is 7.69. The molecule has 2 aromatic rings. The molecule has 0 heterocycles. The van der Waals surface area contributed by atoms with Crippen LogP contribution in [0.2, 0.25) is 0 Å². The Morgan fingerprint density at radius 1 is 1.04 bits per heavy atom. The van der Waals surface area contributed by atoms with E-state index in [-0.39, 0.29) is 20.1 Å². The molecule has 3 N–H and O–H groups in total. The van der Waals surface area contributed by atoms with Gasteiger partial charge in [-0.15, -0.1) is 0 Å². The summed E-state index contributed by atoms with van der Waals surface area (Å²) in [5.41, 5.74) is 0.341. The first-order valence-corrected chi connectivity index (χ1v) is 15.9. The van der Waals surface area contributed by atoms with Crippen molar-refractivity contribution < 1.29 is 28.8 Å². The highest BCUT2D eigenvalue weighted by Crippen LogP contribution is 2.64. The van der Waals surface area contributed by atoms with Gasteiger partial charge in [-0.25, -0.2) is 4.79 Å². The summed E-state index contributed by atoms with van der Waals surface area (Å²) in [4.78, 5) is 35.2. The number of aromatic carboxylic acids is 1. The monoisotopic (exact) mass is 645 g/mol. The lowest BCUT2D eigenvalue weighted by Crippen LogP contribution is -2.32. The molecule has 0 saturated carbocycles. The van der Waals surface area contributed by atoms with Crippen LogP contribution in [0.3, 0.4) is 0 Å². The normalized spacial score (nSPS) is 11.7. The highest BCUT2D eigenvalue weighted by atomic mass is 127. The van der Waals surface area contributed by atoms with E-state index in [0.717, 1.165) is 0 Å². The van der Waals surface area contributed by atoms with Crippen LogP contribution >= 0.6 is 58.2 Å². The number of hydrogen-bond donors (Lipinski definition) is 3. The second-order valence-corrected chi connectivity index (χ2v) is 22.9. The molecule has 0 spiro atoms. The number of carbonyl (C=O) groups is 3. The van der Waals surface area contributed by atoms with E-state index in [1.165, 1.54) is 29.9 Å². The zero-order valence-electron chi connectivity index (χ0n) is 14.0. The number of halogens is 2. The molecule has 7 nitrogen and oxygen atoms in total. The summed E-state index contributed by atoms with van der Waals surface area (Å²) >= 11 is 5.85. The molecule has 2 rings (SSSR count). The van der Waals surface area contributed by atoms with Crippen molar-refractivity contribution in [2.45, 2.75) is 5.92 Å². The Hall–Kier alpha value is -1.11. The molecule has 1 atom stereocenters. The maximum atomic E-state index is 12.3. The summed E-state index contributed by atoms with van der Waals surface area (Å²) in [6.07, 6.45) is 0. The molecule has 28 heavy (non-hydrogen) atoms. The van der Waals surface area contributed by atoms with E-state index in [0.29, 0.717) is 11.3 Å². The largest absolute Gasteiger partial charge is 0.481 e. The van der Waals surface area contributed by atoms with Crippen LogP contribution in [-0.2, 0) is 4.79 Å². The second-order valence-electron chi connectivity index (χ2n) is 5.38.